The molecule has 0 saturated carbocycles. The second-order valence-corrected chi connectivity index (χ2v) is 6.56. The molecule has 1 saturated heterocycles. The van der Waals surface area contributed by atoms with Crippen molar-refractivity contribution in [2.75, 3.05) is 23.3 Å². The molecule has 6 nitrogen and oxygen atoms in total. The van der Waals surface area contributed by atoms with E-state index in [9.17, 15) is 0 Å². The molecule has 1 N–H and O–H groups in total. The Morgan fingerprint density at radius 3 is 2.76 bits per heavy atom. The van der Waals surface area contributed by atoms with E-state index in [1.54, 1.807) is 18.6 Å². The van der Waals surface area contributed by atoms with Gasteiger partial charge in [-0.15, -0.1) is 0 Å². The number of nitrogens with one attached hydrogen (secondary N) is 1. The van der Waals surface area contributed by atoms with Gasteiger partial charge in [-0.1, -0.05) is 11.6 Å². The number of hydrogen-bond donors (Lipinski definition) is 1. The largest absolute Gasteiger partial charge is 0.356 e. The highest BCUT2D eigenvalue weighted by atomic mass is 35.5. The molecule has 0 spiro atoms. The Morgan fingerprint density at radius 2 is 1.88 bits per heavy atom. The molecule has 0 amide bonds. The summed E-state index contributed by atoms with van der Waals surface area (Å²) in [5.74, 6) is 1.61. The van der Waals surface area contributed by atoms with Crippen LogP contribution in [0.2, 0.25) is 5.15 Å². The van der Waals surface area contributed by atoms with E-state index in [2.05, 4.69) is 36.2 Å². The van der Waals surface area contributed by atoms with Crippen molar-refractivity contribution in [3.63, 3.8) is 0 Å². The van der Waals surface area contributed by atoms with Crippen molar-refractivity contribution in [2.24, 2.45) is 0 Å². The van der Waals surface area contributed by atoms with E-state index >= 15 is 0 Å². The van der Waals surface area contributed by atoms with Gasteiger partial charge in [-0.25, -0.2) is 15.0 Å². The van der Waals surface area contributed by atoms with Crippen LogP contribution in [-0.4, -0.2) is 39.1 Å². The topological polar surface area (TPSA) is 66.8 Å². The van der Waals surface area contributed by atoms with E-state index in [0.717, 1.165) is 49.1 Å². The number of hydrogen-bond acceptors (Lipinski definition) is 6. The minimum absolute atomic E-state index is 0.357. The molecular weight excluding hydrogens is 336 g/mol. The van der Waals surface area contributed by atoms with Gasteiger partial charge in [-0.05, 0) is 37.5 Å². The Bertz CT molecular complexity index is 857. The van der Waals surface area contributed by atoms with E-state index in [1.165, 1.54) is 0 Å². The molecule has 25 heavy (non-hydrogen) atoms. The summed E-state index contributed by atoms with van der Waals surface area (Å²) in [6.07, 6.45) is 8.44. The molecule has 1 aliphatic rings. The zero-order valence-corrected chi connectivity index (χ0v) is 14.5. The maximum absolute atomic E-state index is 6.21. The molecule has 1 fully saturated rings. The quantitative estimate of drug-likeness (QED) is 0.725. The Balaban J connectivity index is 1.53. The number of fused-ring (bicyclic) bond motifs is 1. The van der Waals surface area contributed by atoms with Crippen molar-refractivity contribution in [1.29, 1.82) is 0 Å². The van der Waals surface area contributed by atoms with Crippen LogP contribution >= 0.6 is 11.6 Å². The van der Waals surface area contributed by atoms with Crippen LogP contribution < -0.4 is 10.2 Å². The first-order valence-electron chi connectivity index (χ1n) is 8.49. The molecule has 1 aliphatic heterocycles. The van der Waals surface area contributed by atoms with Crippen LogP contribution in [0.1, 0.15) is 19.3 Å². The van der Waals surface area contributed by atoms with E-state index in [1.807, 2.05) is 18.2 Å². The van der Waals surface area contributed by atoms with Crippen molar-refractivity contribution in [1.82, 2.24) is 19.9 Å². The van der Waals surface area contributed by atoms with Gasteiger partial charge in [0.05, 0.1) is 5.52 Å². The number of anilines is 2. The summed E-state index contributed by atoms with van der Waals surface area (Å²) >= 11 is 6.21. The lowest BCUT2D eigenvalue weighted by atomic mass is 10.1. The maximum Gasteiger partial charge on any atom is 0.222 e. The average molecular weight is 355 g/mol. The maximum atomic E-state index is 6.21. The van der Waals surface area contributed by atoms with Crippen LogP contribution in [0.4, 0.5) is 11.8 Å². The lowest BCUT2D eigenvalue weighted by Crippen LogP contribution is -2.27. The number of nitrogens with zero attached hydrogens (tertiary/aromatic N) is 5. The van der Waals surface area contributed by atoms with Crippen LogP contribution in [0.3, 0.4) is 0 Å². The lowest BCUT2D eigenvalue weighted by Gasteiger charge is -2.23. The smallest absolute Gasteiger partial charge is 0.222 e. The first-order chi connectivity index (χ1) is 12.3. The highest BCUT2D eigenvalue weighted by molar-refractivity contribution is 6.30. The van der Waals surface area contributed by atoms with Crippen molar-refractivity contribution < 1.29 is 0 Å². The van der Waals surface area contributed by atoms with Gasteiger partial charge in [-0.2, -0.15) is 0 Å². The monoisotopic (exact) mass is 354 g/mol. The minimum Gasteiger partial charge on any atom is -0.356 e. The minimum atomic E-state index is 0.357. The zero-order chi connectivity index (χ0) is 17.1. The Morgan fingerprint density at radius 1 is 1.04 bits per heavy atom. The predicted molar refractivity (Wildman–Crippen MR) is 100 cm³/mol. The van der Waals surface area contributed by atoms with E-state index in [-0.39, 0.29) is 0 Å². The molecule has 1 atom stereocenters. The second kappa shape index (κ2) is 7.19. The summed E-state index contributed by atoms with van der Waals surface area (Å²) in [5, 5.41) is 4.96. The summed E-state index contributed by atoms with van der Waals surface area (Å²) in [4.78, 5) is 19.8. The molecule has 3 aromatic rings. The molecule has 3 aromatic heterocycles. The molecular formula is C18H19ClN6. The van der Waals surface area contributed by atoms with Crippen molar-refractivity contribution in [3.8, 4) is 0 Å². The number of rotatable bonds is 3. The van der Waals surface area contributed by atoms with Crippen molar-refractivity contribution >= 4 is 34.3 Å². The molecule has 1 unspecified atom stereocenters. The number of halogens is 1. The first kappa shape index (κ1) is 16.0. The SMILES string of the molecule is Clc1cc2ncccc2c(N2CCCC(Nc3ncccn3)CC2)n1. The van der Waals surface area contributed by atoms with Gasteiger partial charge in [0, 0.05) is 49.2 Å². The summed E-state index contributed by atoms with van der Waals surface area (Å²) in [6, 6.07) is 7.99. The molecule has 0 aromatic carbocycles. The van der Waals surface area contributed by atoms with Crippen molar-refractivity contribution in [3.05, 3.63) is 48.0 Å². The summed E-state index contributed by atoms with van der Waals surface area (Å²) in [6.45, 7) is 1.85. The van der Waals surface area contributed by atoms with Gasteiger partial charge in [-0.3, -0.25) is 4.98 Å². The Hall–Kier alpha value is -2.47. The van der Waals surface area contributed by atoms with Gasteiger partial charge in [0.2, 0.25) is 5.95 Å². The highest BCUT2D eigenvalue weighted by Gasteiger charge is 2.20. The van der Waals surface area contributed by atoms with Crippen LogP contribution in [-0.2, 0) is 0 Å². The fourth-order valence-electron chi connectivity index (χ4n) is 3.28. The third-order valence-corrected chi connectivity index (χ3v) is 4.67. The normalized spacial score (nSPS) is 18.1. The summed E-state index contributed by atoms with van der Waals surface area (Å²) in [5.41, 5.74) is 0.883. The summed E-state index contributed by atoms with van der Waals surface area (Å²) in [7, 11) is 0. The molecule has 0 radical (unpaired) electrons. The standard InChI is InChI=1S/C18H19ClN6/c19-16-12-15-14(5-1-7-20-15)17(24-16)25-10-2-4-13(6-11-25)23-18-21-8-3-9-22-18/h1,3,5,7-9,12-13H,2,4,6,10-11H2,(H,21,22,23). The second-order valence-electron chi connectivity index (χ2n) is 6.17. The van der Waals surface area contributed by atoms with Gasteiger partial charge in [0.25, 0.3) is 0 Å². The zero-order valence-electron chi connectivity index (χ0n) is 13.8. The van der Waals surface area contributed by atoms with E-state index in [0.29, 0.717) is 17.1 Å². The average Bonchev–Trinajstić information content (AvgIpc) is 2.87. The number of pyridine rings is 2. The van der Waals surface area contributed by atoms with Gasteiger partial charge < -0.3 is 10.2 Å². The molecule has 4 rings (SSSR count). The van der Waals surface area contributed by atoms with Gasteiger partial charge in [0.1, 0.15) is 11.0 Å². The van der Waals surface area contributed by atoms with Gasteiger partial charge >= 0.3 is 0 Å². The molecule has 7 heteroatoms. The fourth-order valence-corrected chi connectivity index (χ4v) is 3.46. The number of aromatic nitrogens is 4. The van der Waals surface area contributed by atoms with E-state index in [4.69, 9.17) is 11.6 Å². The third kappa shape index (κ3) is 3.64. The lowest BCUT2D eigenvalue weighted by molar-refractivity contribution is 0.634. The first-order valence-corrected chi connectivity index (χ1v) is 8.87. The third-order valence-electron chi connectivity index (χ3n) is 4.47. The Labute approximate surface area is 151 Å². The fraction of sp³-hybridized carbons (Fsp3) is 0.333. The molecule has 0 aliphatic carbocycles. The molecule has 4 heterocycles. The van der Waals surface area contributed by atoms with Crippen LogP contribution in [0.5, 0.6) is 0 Å². The Kier molecular flexibility index (Phi) is 4.61. The van der Waals surface area contributed by atoms with Crippen LogP contribution in [0.15, 0.2) is 42.9 Å². The molecule has 0 bridgehead atoms. The predicted octanol–water partition coefficient (Wildman–Crippen LogP) is 3.54. The van der Waals surface area contributed by atoms with Crippen LogP contribution in [0, 0.1) is 0 Å². The highest BCUT2D eigenvalue weighted by Crippen LogP contribution is 2.28. The van der Waals surface area contributed by atoms with E-state index < -0.39 is 0 Å². The van der Waals surface area contributed by atoms with Crippen LogP contribution in [0.25, 0.3) is 10.9 Å². The van der Waals surface area contributed by atoms with Gasteiger partial charge in [0.15, 0.2) is 0 Å². The van der Waals surface area contributed by atoms with Crippen molar-refractivity contribution in [2.45, 2.75) is 25.3 Å². The molecule has 128 valence electrons. The summed E-state index contributed by atoms with van der Waals surface area (Å²) < 4.78 is 0.